The van der Waals surface area contributed by atoms with Crippen molar-refractivity contribution in [2.75, 3.05) is 17.2 Å². The molecule has 0 aliphatic heterocycles. The summed E-state index contributed by atoms with van der Waals surface area (Å²) in [6.07, 6.45) is -0.261. The van der Waals surface area contributed by atoms with Crippen molar-refractivity contribution < 1.29 is 23.9 Å². The van der Waals surface area contributed by atoms with Gasteiger partial charge in [-0.25, -0.2) is 0 Å². The Kier molecular flexibility index (Phi) is 7.91. The summed E-state index contributed by atoms with van der Waals surface area (Å²) in [6, 6.07) is 11.5. The van der Waals surface area contributed by atoms with Crippen molar-refractivity contribution in [1.29, 1.82) is 0 Å². The van der Waals surface area contributed by atoms with Gasteiger partial charge in [0.05, 0.1) is 6.42 Å². The second-order valence-electron chi connectivity index (χ2n) is 6.30. The molecule has 0 heterocycles. The van der Waals surface area contributed by atoms with Crippen molar-refractivity contribution in [1.82, 2.24) is 0 Å². The van der Waals surface area contributed by atoms with E-state index in [1.54, 1.807) is 49.4 Å². The van der Waals surface area contributed by atoms with E-state index in [9.17, 15) is 19.2 Å². The van der Waals surface area contributed by atoms with Gasteiger partial charge >= 0.3 is 5.97 Å². The third-order valence-electron chi connectivity index (χ3n) is 4.04. The Bertz CT molecular complexity index is 925. The van der Waals surface area contributed by atoms with Gasteiger partial charge in [-0.2, -0.15) is 0 Å². The quantitative estimate of drug-likeness (QED) is 0.504. The molecule has 0 fully saturated rings. The minimum Gasteiger partial charge on any atom is -0.456 e. The third-order valence-corrected chi connectivity index (χ3v) is 4.45. The highest BCUT2D eigenvalue weighted by Gasteiger charge is 2.12. The van der Waals surface area contributed by atoms with Gasteiger partial charge in [0.25, 0.3) is 5.91 Å². The lowest BCUT2D eigenvalue weighted by Crippen LogP contribution is -2.22. The van der Waals surface area contributed by atoms with E-state index < -0.39 is 18.5 Å². The number of anilines is 2. The van der Waals surface area contributed by atoms with E-state index in [0.29, 0.717) is 27.5 Å². The summed E-state index contributed by atoms with van der Waals surface area (Å²) in [6.45, 7) is 2.75. The Morgan fingerprint density at radius 2 is 1.62 bits per heavy atom. The molecule has 0 aromatic heterocycles. The lowest BCUT2D eigenvalue weighted by molar-refractivity contribution is -0.147. The van der Waals surface area contributed by atoms with Gasteiger partial charge < -0.3 is 15.4 Å². The normalized spacial score (nSPS) is 10.2. The number of Topliss-reactive ketones (excluding diaryl/α,β-unsaturated/α-hetero) is 1. The molecule has 8 heteroatoms. The molecule has 0 radical (unpaired) electrons. The van der Waals surface area contributed by atoms with E-state index in [4.69, 9.17) is 16.3 Å². The van der Waals surface area contributed by atoms with Crippen molar-refractivity contribution >= 4 is 46.5 Å². The topological polar surface area (TPSA) is 102 Å². The van der Waals surface area contributed by atoms with Crippen LogP contribution in [0.25, 0.3) is 0 Å². The van der Waals surface area contributed by atoms with Crippen LogP contribution in [0.3, 0.4) is 0 Å². The average Bonchev–Trinajstić information content (AvgIpc) is 2.68. The molecule has 29 heavy (non-hydrogen) atoms. The van der Waals surface area contributed by atoms with Crippen LogP contribution in [-0.4, -0.2) is 30.2 Å². The van der Waals surface area contributed by atoms with Crippen LogP contribution in [0.4, 0.5) is 11.4 Å². The Hall–Kier alpha value is -3.19. The highest BCUT2D eigenvalue weighted by molar-refractivity contribution is 6.31. The minimum absolute atomic E-state index is 0.0693. The standard InChI is InChI=1S/C21H21ClN2O5/c1-13-17(22)4-3-5-18(13)24-20(27)12-29-21(28)11-10-19(26)23-16-8-6-15(7-9-16)14(2)25/h3-9H,10-12H2,1-2H3,(H,23,26)(H,24,27). The largest absolute Gasteiger partial charge is 0.456 e. The second kappa shape index (κ2) is 10.4. The SMILES string of the molecule is CC(=O)c1ccc(NC(=O)CCC(=O)OCC(=O)Nc2cccc(Cl)c2C)cc1. The number of nitrogens with one attached hydrogen (secondary N) is 2. The number of ketones is 1. The van der Waals surface area contributed by atoms with Gasteiger partial charge in [-0.15, -0.1) is 0 Å². The summed E-state index contributed by atoms with van der Waals surface area (Å²) < 4.78 is 4.89. The maximum atomic E-state index is 11.9. The van der Waals surface area contributed by atoms with E-state index >= 15 is 0 Å². The highest BCUT2D eigenvalue weighted by Crippen LogP contribution is 2.22. The van der Waals surface area contributed by atoms with Crippen LogP contribution in [0.15, 0.2) is 42.5 Å². The molecule has 0 saturated carbocycles. The van der Waals surface area contributed by atoms with Crippen LogP contribution in [0.5, 0.6) is 0 Å². The number of esters is 1. The zero-order chi connectivity index (χ0) is 21.4. The molecule has 0 unspecified atom stereocenters. The predicted octanol–water partition coefficient (Wildman–Crippen LogP) is 3.75. The molecule has 0 saturated heterocycles. The van der Waals surface area contributed by atoms with Crippen LogP contribution in [0, 0.1) is 6.92 Å². The molecule has 0 bridgehead atoms. The summed E-state index contributed by atoms with van der Waals surface area (Å²) in [7, 11) is 0. The summed E-state index contributed by atoms with van der Waals surface area (Å²) in [5.41, 5.74) is 2.30. The maximum Gasteiger partial charge on any atom is 0.306 e. The molecule has 2 rings (SSSR count). The molecule has 0 aliphatic carbocycles. The van der Waals surface area contributed by atoms with Crippen molar-refractivity contribution in [2.24, 2.45) is 0 Å². The van der Waals surface area contributed by atoms with Gasteiger partial charge in [0.2, 0.25) is 5.91 Å². The fourth-order valence-corrected chi connectivity index (χ4v) is 2.55. The molecule has 2 aromatic carbocycles. The third kappa shape index (κ3) is 7.04. The van der Waals surface area contributed by atoms with E-state index in [0.717, 1.165) is 0 Å². The molecule has 2 aromatic rings. The summed E-state index contributed by atoms with van der Waals surface area (Å²) >= 11 is 5.99. The highest BCUT2D eigenvalue weighted by atomic mass is 35.5. The average molecular weight is 417 g/mol. The van der Waals surface area contributed by atoms with E-state index in [2.05, 4.69) is 10.6 Å². The summed E-state index contributed by atoms with van der Waals surface area (Å²) in [4.78, 5) is 46.8. The lowest BCUT2D eigenvalue weighted by atomic mass is 10.1. The van der Waals surface area contributed by atoms with Crippen molar-refractivity contribution in [2.45, 2.75) is 26.7 Å². The summed E-state index contributed by atoms with van der Waals surface area (Å²) in [5, 5.41) is 5.75. The number of carbonyl (C=O) groups is 4. The molecule has 152 valence electrons. The van der Waals surface area contributed by atoms with Crippen molar-refractivity contribution in [3.63, 3.8) is 0 Å². The fourth-order valence-electron chi connectivity index (χ4n) is 2.37. The van der Waals surface area contributed by atoms with Crippen molar-refractivity contribution in [3.05, 3.63) is 58.6 Å². The first-order valence-electron chi connectivity index (χ1n) is 8.87. The minimum atomic E-state index is -0.662. The van der Waals surface area contributed by atoms with Crippen LogP contribution in [-0.2, 0) is 19.1 Å². The van der Waals surface area contributed by atoms with E-state index in [1.165, 1.54) is 6.92 Å². The number of benzene rings is 2. The Labute approximate surface area is 173 Å². The number of hydrogen-bond acceptors (Lipinski definition) is 5. The fraction of sp³-hybridized carbons (Fsp3) is 0.238. The Balaban J connectivity index is 1.72. The van der Waals surface area contributed by atoms with Gasteiger partial charge in [0, 0.05) is 28.4 Å². The summed E-state index contributed by atoms with van der Waals surface area (Å²) in [5.74, 6) is -1.61. The second-order valence-corrected chi connectivity index (χ2v) is 6.71. The first-order valence-corrected chi connectivity index (χ1v) is 9.25. The number of rotatable bonds is 8. The molecule has 0 aliphatic rings. The zero-order valence-corrected chi connectivity index (χ0v) is 16.8. The van der Waals surface area contributed by atoms with Gasteiger partial charge in [0.15, 0.2) is 12.4 Å². The van der Waals surface area contributed by atoms with Gasteiger partial charge in [-0.3, -0.25) is 19.2 Å². The van der Waals surface area contributed by atoms with Crippen molar-refractivity contribution in [3.8, 4) is 0 Å². The van der Waals surface area contributed by atoms with Gasteiger partial charge in [0.1, 0.15) is 0 Å². The van der Waals surface area contributed by atoms with E-state index in [1.807, 2.05) is 0 Å². The number of carbonyl (C=O) groups excluding carboxylic acids is 4. The van der Waals surface area contributed by atoms with Gasteiger partial charge in [-0.1, -0.05) is 17.7 Å². The molecule has 2 amide bonds. The predicted molar refractivity (Wildman–Crippen MR) is 110 cm³/mol. The molecular formula is C21H21ClN2O5. The first-order chi connectivity index (χ1) is 13.8. The molecular weight excluding hydrogens is 396 g/mol. The smallest absolute Gasteiger partial charge is 0.306 e. The van der Waals surface area contributed by atoms with E-state index in [-0.39, 0.29) is 24.5 Å². The lowest BCUT2D eigenvalue weighted by Gasteiger charge is -2.10. The number of hydrogen-bond donors (Lipinski definition) is 2. The van der Waals surface area contributed by atoms with Crippen LogP contribution in [0.1, 0.15) is 35.7 Å². The monoisotopic (exact) mass is 416 g/mol. The Morgan fingerprint density at radius 3 is 2.28 bits per heavy atom. The number of amides is 2. The van der Waals surface area contributed by atoms with Crippen LogP contribution < -0.4 is 10.6 Å². The van der Waals surface area contributed by atoms with Crippen LogP contribution >= 0.6 is 11.6 Å². The zero-order valence-electron chi connectivity index (χ0n) is 16.1. The molecule has 0 atom stereocenters. The molecule has 2 N–H and O–H groups in total. The van der Waals surface area contributed by atoms with Crippen LogP contribution in [0.2, 0.25) is 5.02 Å². The number of halogens is 1. The number of ether oxygens (including phenoxy) is 1. The first kappa shape index (κ1) is 22.1. The maximum absolute atomic E-state index is 11.9. The van der Waals surface area contributed by atoms with Gasteiger partial charge in [-0.05, 0) is 55.8 Å². The molecule has 0 spiro atoms. The Morgan fingerprint density at radius 1 is 0.931 bits per heavy atom. The molecule has 7 nitrogen and oxygen atoms in total.